The second-order valence-electron chi connectivity index (χ2n) is 6.89. The van der Waals surface area contributed by atoms with Gasteiger partial charge >= 0.3 is 0 Å². The van der Waals surface area contributed by atoms with Crippen LogP contribution in [0.5, 0.6) is 0 Å². The molecule has 3 heteroatoms. The van der Waals surface area contributed by atoms with Crippen LogP contribution in [0.25, 0.3) is 16.7 Å². The normalized spacial score (nSPS) is 13.3. The van der Waals surface area contributed by atoms with Gasteiger partial charge in [-0.2, -0.15) is 0 Å². The van der Waals surface area contributed by atoms with Gasteiger partial charge in [0, 0.05) is 5.56 Å². The molecule has 0 nitrogen and oxygen atoms in total. The molecular weight excluding hydrogens is 345 g/mol. The second kappa shape index (κ2) is 7.07. The third-order valence-corrected chi connectivity index (χ3v) is 5.20. The average Bonchev–Trinajstić information content (AvgIpc) is 2.69. The number of aryl methyl sites for hydroxylation is 1. The minimum Gasteiger partial charge on any atom is -0.206 e. The first-order chi connectivity index (χ1) is 13.0. The third kappa shape index (κ3) is 3.42. The molecule has 0 heterocycles. The lowest BCUT2D eigenvalue weighted by Gasteiger charge is -2.19. The topological polar surface area (TPSA) is 0 Å². The van der Waals surface area contributed by atoms with E-state index in [2.05, 4.69) is 37.3 Å². The molecule has 0 atom stereocenters. The second-order valence-corrected chi connectivity index (χ2v) is 6.89. The minimum atomic E-state index is -0.970. The van der Waals surface area contributed by atoms with Crippen LogP contribution in [0.1, 0.15) is 29.2 Å². The molecule has 1 aliphatic rings. The maximum absolute atomic E-state index is 14.7. The minimum absolute atomic E-state index is 0.303. The SMILES string of the molecule is CCc1ccc(C2=CCc3cc(-c4ccc(F)c(F)c4)c(F)cc3C2)cc1. The summed E-state index contributed by atoms with van der Waals surface area (Å²) in [7, 11) is 0. The fraction of sp³-hybridized carbons (Fsp3) is 0.167. The predicted octanol–water partition coefficient (Wildman–Crippen LogP) is 6.52. The Balaban J connectivity index is 1.66. The van der Waals surface area contributed by atoms with Crippen molar-refractivity contribution in [2.24, 2.45) is 0 Å². The summed E-state index contributed by atoms with van der Waals surface area (Å²) in [5, 5.41) is 0. The quantitative estimate of drug-likeness (QED) is 0.497. The Morgan fingerprint density at radius 1 is 0.741 bits per heavy atom. The van der Waals surface area contributed by atoms with E-state index < -0.39 is 17.5 Å². The van der Waals surface area contributed by atoms with Crippen molar-refractivity contribution < 1.29 is 13.2 Å². The van der Waals surface area contributed by atoms with E-state index in [0.717, 1.165) is 35.2 Å². The molecule has 0 unspecified atom stereocenters. The Kier molecular flexibility index (Phi) is 4.61. The van der Waals surface area contributed by atoms with Crippen molar-refractivity contribution in [3.63, 3.8) is 0 Å². The van der Waals surface area contributed by atoms with Gasteiger partial charge in [0.15, 0.2) is 11.6 Å². The van der Waals surface area contributed by atoms with Crippen LogP contribution in [-0.2, 0) is 19.3 Å². The first-order valence-electron chi connectivity index (χ1n) is 9.10. The van der Waals surface area contributed by atoms with Crippen LogP contribution in [0.4, 0.5) is 13.2 Å². The van der Waals surface area contributed by atoms with Crippen molar-refractivity contribution in [2.75, 3.05) is 0 Å². The van der Waals surface area contributed by atoms with Crippen LogP contribution in [0, 0.1) is 17.5 Å². The summed E-state index contributed by atoms with van der Waals surface area (Å²) >= 11 is 0. The Bertz CT molecular complexity index is 1030. The van der Waals surface area contributed by atoms with Gasteiger partial charge in [0.25, 0.3) is 0 Å². The molecule has 27 heavy (non-hydrogen) atoms. The van der Waals surface area contributed by atoms with E-state index in [1.807, 2.05) is 0 Å². The van der Waals surface area contributed by atoms with Gasteiger partial charge in [0.2, 0.25) is 0 Å². The van der Waals surface area contributed by atoms with Gasteiger partial charge in [-0.3, -0.25) is 0 Å². The summed E-state index contributed by atoms with van der Waals surface area (Å²) in [5.74, 6) is -2.32. The summed E-state index contributed by atoms with van der Waals surface area (Å²) in [6.07, 6.45) is 4.52. The highest BCUT2D eigenvalue weighted by Gasteiger charge is 2.17. The lowest BCUT2D eigenvalue weighted by Crippen LogP contribution is -2.05. The molecule has 0 fully saturated rings. The van der Waals surface area contributed by atoms with Gasteiger partial charge in [-0.25, -0.2) is 13.2 Å². The lowest BCUT2D eigenvalue weighted by molar-refractivity contribution is 0.509. The van der Waals surface area contributed by atoms with Crippen LogP contribution in [-0.4, -0.2) is 0 Å². The summed E-state index contributed by atoms with van der Waals surface area (Å²) in [6.45, 7) is 2.12. The maximum Gasteiger partial charge on any atom is 0.159 e. The monoisotopic (exact) mass is 364 g/mol. The van der Waals surface area contributed by atoms with E-state index in [-0.39, 0.29) is 0 Å². The molecule has 4 rings (SSSR count). The van der Waals surface area contributed by atoms with Crippen molar-refractivity contribution in [1.82, 2.24) is 0 Å². The summed E-state index contributed by atoms with van der Waals surface area (Å²) < 4.78 is 41.4. The number of allylic oxidation sites excluding steroid dienone is 2. The van der Waals surface area contributed by atoms with Gasteiger partial charge in [0.05, 0.1) is 0 Å². The number of halogens is 3. The third-order valence-electron chi connectivity index (χ3n) is 5.20. The smallest absolute Gasteiger partial charge is 0.159 e. The largest absolute Gasteiger partial charge is 0.206 e. The fourth-order valence-electron chi connectivity index (χ4n) is 3.58. The number of fused-ring (bicyclic) bond motifs is 1. The molecule has 0 aliphatic heterocycles. The van der Waals surface area contributed by atoms with Crippen molar-refractivity contribution >= 4 is 5.57 Å². The number of benzene rings is 3. The summed E-state index contributed by atoms with van der Waals surface area (Å²) in [6, 6.07) is 15.2. The first-order valence-corrected chi connectivity index (χ1v) is 9.10. The van der Waals surface area contributed by atoms with Crippen LogP contribution in [0.2, 0.25) is 0 Å². The summed E-state index contributed by atoms with van der Waals surface area (Å²) in [5.41, 5.74) is 6.24. The van der Waals surface area contributed by atoms with Gasteiger partial charge < -0.3 is 0 Å². The first kappa shape index (κ1) is 17.6. The zero-order valence-electron chi connectivity index (χ0n) is 15.0. The molecule has 1 aliphatic carbocycles. The Morgan fingerprint density at radius 2 is 1.48 bits per heavy atom. The molecular formula is C24H19F3. The summed E-state index contributed by atoms with van der Waals surface area (Å²) in [4.78, 5) is 0. The molecule has 0 radical (unpaired) electrons. The molecule has 0 saturated carbocycles. The standard InChI is InChI=1S/C24H19F3/c1-2-15-3-5-16(6-4-15)17-7-8-18-12-21(23(26)14-20(18)11-17)19-9-10-22(25)24(27)13-19/h3-7,9-10,12-14H,2,8,11H2,1H3. The number of hydrogen-bond acceptors (Lipinski definition) is 0. The highest BCUT2D eigenvalue weighted by molar-refractivity contribution is 5.73. The zero-order chi connectivity index (χ0) is 19.0. The van der Waals surface area contributed by atoms with Crippen LogP contribution < -0.4 is 0 Å². The highest BCUT2D eigenvalue weighted by Crippen LogP contribution is 2.33. The highest BCUT2D eigenvalue weighted by atomic mass is 19.2. The van der Waals surface area contributed by atoms with Crippen LogP contribution in [0.15, 0.2) is 60.7 Å². The molecule has 3 aromatic rings. The van der Waals surface area contributed by atoms with Crippen LogP contribution in [0.3, 0.4) is 0 Å². The molecule has 0 saturated heterocycles. The van der Waals surface area contributed by atoms with Gasteiger partial charge in [-0.15, -0.1) is 0 Å². The van der Waals surface area contributed by atoms with Crippen molar-refractivity contribution in [3.8, 4) is 11.1 Å². The lowest BCUT2D eigenvalue weighted by atomic mass is 9.86. The Labute approximate surface area is 157 Å². The van der Waals surface area contributed by atoms with Crippen LogP contribution >= 0.6 is 0 Å². The van der Waals surface area contributed by atoms with E-state index in [0.29, 0.717) is 24.0 Å². The molecule has 0 bridgehead atoms. The van der Waals surface area contributed by atoms with E-state index in [1.165, 1.54) is 23.3 Å². The van der Waals surface area contributed by atoms with Crippen molar-refractivity contribution in [1.29, 1.82) is 0 Å². The number of rotatable bonds is 3. The van der Waals surface area contributed by atoms with E-state index in [9.17, 15) is 13.2 Å². The predicted molar refractivity (Wildman–Crippen MR) is 103 cm³/mol. The van der Waals surface area contributed by atoms with Crippen molar-refractivity contribution in [3.05, 3.63) is 100 Å². The molecule has 136 valence electrons. The van der Waals surface area contributed by atoms with E-state index >= 15 is 0 Å². The van der Waals surface area contributed by atoms with Gasteiger partial charge in [-0.05, 0) is 76.9 Å². The molecule has 0 N–H and O–H groups in total. The van der Waals surface area contributed by atoms with Gasteiger partial charge in [0.1, 0.15) is 5.82 Å². The van der Waals surface area contributed by atoms with Gasteiger partial charge in [-0.1, -0.05) is 43.3 Å². The molecule has 0 aromatic heterocycles. The molecule has 3 aromatic carbocycles. The van der Waals surface area contributed by atoms with E-state index in [4.69, 9.17) is 0 Å². The zero-order valence-corrected chi connectivity index (χ0v) is 15.0. The van der Waals surface area contributed by atoms with Crippen molar-refractivity contribution in [2.45, 2.75) is 26.2 Å². The Hall–Kier alpha value is -2.81. The fourth-order valence-corrected chi connectivity index (χ4v) is 3.58. The van der Waals surface area contributed by atoms with E-state index in [1.54, 1.807) is 6.07 Å². The average molecular weight is 364 g/mol. The molecule has 0 spiro atoms. The molecule has 0 amide bonds. The maximum atomic E-state index is 14.7. The Morgan fingerprint density at radius 3 is 2.19 bits per heavy atom. The number of hydrogen-bond donors (Lipinski definition) is 0.